The van der Waals surface area contributed by atoms with Gasteiger partial charge in [0.25, 0.3) is 5.91 Å². The Labute approximate surface area is 113 Å². The molecule has 0 aromatic heterocycles. The molecule has 2 unspecified atom stereocenters. The van der Waals surface area contributed by atoms with Gasteiger partial charge in [-0.25, -0.2) is 9.90 Å². The van der Waals surface area contributed by atoms with Crippen LogP contribution in [0.1, 0.15) is 17.3 Å². The first kappa shape index (κ1) is 15.1. The van der Waals surface area contributed by atoms with Crippen molar-refractivity contribution < 1.29 is 14.4 Å². The summed E-state index contributed by atoms with van der Waals surface area (Å²) in [4.78, 5) is 17.9. The van der Waals surface area contributed by atoms with E-state index in [2.05, 4.69) is 13.2 Å². The first-order valence-corrected chi connectivity index (χ1v) is 5.97. The third kappa shape index (κ3) is 4.05. The van der Waals surface area contributed by atoms with Crippen molar-refractivity contribution >= 4 is 5.91 Å². The van der Waals surface area contributed by atoms with Gasteiger partial charge < -0.3 is 4.74 Å². The fraction of sp³-hybridized carbons (Fsp3) is 0.267. The Morgan fingerprint density at radius 2 is 1.89 bits per heavy atom. The molecule has 0 bridgehead atoms. The van der Waals surface area contributed by atoms with Gasteiger partial charge in [-0.15, -0.1) is 6.58 Å². The lowest BCUT2D eigenvalue weighted by Gasteiger charge is -2.28. The Kier molecular flexibility index (Phi) is 5.99. The summed E-state index contributed by atoms with van der Waals surface area (Å²) >= 11 is 0. The van der Waals surface area contributed by atoms with Crippen LogP contribution in [0, 0.1) is 0 Å². The molecule has 0 aliphatic heterocycles. The normalized spacial score (nSPS) is 13.4. The van der Waals surface area contributed by atoms with E-state index in [1.165, 1.54) is 18.2 Å². The summed E-state index contributed by atoms with van der Waals surface area (Å²) in [6, 6.07) is 8.61. The number of hydrogen-bond acceptors (Lipinski definition) is 3. The number of carbonyl (C=O) groups excluding carboxylic acids is 1. The Bertz CT molecular complexity index is 430. The molecule has 2 atom stereocenters. The van der Waals surface area contributed by atoms with Gasteiger partial charge >= 0.3 is 0 Å². The highest BCUT2D eigenvalue weighted by molar-refractivity contribution is 5.93. The largest absolute Gasteiger partial charge is 0.350 e. The molecule has 4 heteroatoms. The van der Waals surface area contributed by atoms with E-state index in [-0.39, 0.29) is 11.9 Å². The lowest BCUT2D eigenvalue weighted by molar-refractivity contribution is -0.234. The second kappa shape index (κ2) is 7.51. The summed E-state index contributed by atoms with van der Waals surface area (Å²) in [7, 11) is 1.48. The topological polar surface area (TPSA) is 38.8 Å². The van der Waals surface area contributed by atoms with E-state index in [4.69, 9.17) is 9.57 Å². The van der Waals surface area contributed by atoms with Crippen LogP contribution >= 0.6 is 0 Å². The van der Waals surface area contributed by atoms with Gasteiger partial charge in [-0.05, 0) is 25.1 Å². The first-order valence-electron chi connectivity index (χ1n) is 5.97. The van der Waals surface area contributed by atoms with Gasteiger partial charge in [0.05, 0.1) is 6.04 Å². The van der Waals surface area contributed by atoms with Gasteiger partial charge in [0.2, 0.25) is 6.29 Å². The Hall–Kier alpha value is -1.91. The van der Waals surface area contributed by atoms with Gasteiger partial charge in [0.1, 0.15) is 0 Å². The van der Waals surface area contributed by atoms with Gasteiger partial charge in [-0.1, -0.05) is 30.9 Å². The van der Waals surface area contributed by atoms with Gasteiger partial charge in [-0.3, -0.25) is 4.79 Å². The molecule has 0 aliphatic rings. The average molecular weight is 261 g/mol. The van der Waals surface area contributed by atoms with Crippen LogP contribution in [0.15, 0.2) is 55.6 Å². The van der Waals surface area contributed by atoms with E-state index >= 15 is 0 Å². The maximum absolute atomic E-state index is 12.4. The molecule has 0 aliphatic carbocycles. The Balaban J connectivity index is 2.94. The van der Waals surface area contributed by atoms with E-state index in [1.54, 1.807) is 30.3 Å². The fourth-order valence-corrected chi connectivity index (χ4v) is 1.43. The van der Waals surface area contributed by atoms with E-state index in [0.717, 1.165) is 0 Å². The molecule has 102 valence electrons. The molecule has 0 N–H and O–H groups in total. The molecule has 0 spiro atoms. The highest BCUT2D eigenvalue weighted by Crippen LogP contribution is 2.12. The molecular formula is C15H19NO3. The molecule has 0 heterocycles. The van der Waals surface area contributed by atoms with Crippen LogP contribution in [0.2, 0.25) is 0 Å². The summed E-state index contributed by atoms with van der Waals surface area (Å²) < 4.78 is 5.04. The lowest BCUT2D eigenvalue weighted by Crippen LogP contribution is -2.40. The van der Waals surface area contributed by atoms with Crippen LogP contribution < -0.4 is 0 Å². The Morgan fingerprint density at radius 3 is 2.37 bits per heavy atom. The van der Waals surface area contributed by atoms with Gasteiger partial charge in [-0.2, -0.15) is 0 Å². The monoisotopic (exact) mass is 261 g/mol. The zero-order valence-corrected chi connectivity index (χ0v) is 11.3. The van der Waals surface area contributed by atoms with Crippen molar-refractivity contribution in [1.29, 1.82) is 0 Å². The number of carbonyl (C=O) groups is 1. The zero-order chi connectivity index (χ0) is 14.3. The summed E-state index contributed by atoms with van der Waals surface area (Å²) in [5, 5.41) is 1.23. The molecule has 19 heavy (non-hydrogen) atoms. The summed E-state index contributed by atoms with van der Waals surface area (Å²) in [6.07, 6.45) is 2.41. The van der Waals surface area contributed by atoms with Crippen molar-refractivity contribution in [3.63, 3.8) is 0 Å². The van der Waals surface area contributed by atoms with Gasteiger partial charge in [0.15, 0.2) is 0 Å². The minimum Gasteiger partial charge on any atom is -0.350 e. The predicted octanol–water partition coefficient (Wildman–Crippen LogP) is 2.79. The third-order valence-corrected chi connectivity index (χ3v) is 2.57. The van der Waals surface area contributed by atoms with E-state index in [1.807, 2.05) is 13.0 Å². The number of hydrogen-bond donors (Lipinski definition) is 0. The van der Waals surface area contributed by atoms with E-state index in [9.17, 15) is 4.79 Å². The van der Waals surface area contributed by atoms with Crippen LogP contribution in [-0.4, -0.2) is 30.4 Å². The molecule has 4 nitrogen and oxygen atoms in total. The van der Waals surface area contributed by atoms with Crippen LogP contribution in [0.25, 0.3) is 0 Å². The molecule has 1 aromatic carbocycles. The van der Waals surface area contributed by atoms with E-state index < -0.39 is 6.29 Å². The van der Waals surface area contributed by atoms with Crippen molar-refractivity contribution in [2.75, 3.05) is 7.11 Å². The molecule has 1 aromatic rings. The van der Waals surface area contributed by atoms with Gasteiger partial charge in [0, 0.05) is 12.7 Å². The van der Waals surface area contributed by atoms with Crippen LogP contribution in [-0.2, 0) is 9.57 Å². The van der Waals surface area contributed by atoms with Crippen LogP contribution in [0.3, 0.4) is 0 Å². The zero-order valence-electron chi connectivity index (χ0n) is 11.3. The molecular weight excluding hydrogens is 242 g/mol. The average Bonchev–Trinajstić information content (AvgIpc) is 2.48. The maximum Gasteiger partial charge on any atom is 0.278 e. The summed E-state index contributed by atoms with van der Waals surface area (Å²) in [5.74, 6) is -0.253. The lowest BCUT2D eigenvalue weighted by atomic mass is 10.2. The van der Waals surface area contributed by atoms with Crippen LogP contribution in [0.4, 0.5) is 0 Å². The third-order valence-electron chi connectivity index (χ3n) is 2.57. The minimum absolute atomic E-state index is 0.253. The number of benzene rings is 1. The number of amides is 1. The first-order chi connectivity index (χ1) is 9.13. The highest BCUT2D eigenvalue weighted by atomic mass is 16.8. The van der Waals surface area contributed by atoms with Crippen molar-refractivity contribution in [3.8, 4) is 0 Å². The number of methoxy groups -OCH3 is 1. The van der Waals surface area contributed by atoms with Crippen molar-refractivity contribution in [3.05, 3.63) is 61.2 Å². The van der Waals surface area contributed by atoms with Crippen LogP contribution in [0.5, 0.6) is 0 Å². The number of ether oxygens (including phenoxy) is 1. The fourth-order valence-electron chi connectivity index (χ4n) is 1.43. The molecule has 0 fully saturated rings. The standard InChI is InChI=1S/C15H19NO3/c1-5-12(3)16(19-14(6-2)18-4)15(17)13-10-8-7-9-11-13/h5-12,14H,1-2H2,3-4H3. The van der Waals surface area contributed by atoms with Crippen molar-refractivity contribution in [2.45, 2.75) is 19.3 Å². The number of rotatable bonds is 7. The predicted molar refractivity (Wildman–Crippen MR) is 74.3 cm³/mol. The molecule has 1 amide bonds. The smallest absolute Gasteiger partial charge is 0.278 e. The summed E-state index contributed by atoms with van der Waals surface area (Å²) in [5.41, 5.74) is 0.537. The second-order valence-corrected chi connectivity index (χ2v) is 3.92. The van der Waals surface area contributed by atoms with Crippen molar-refractivity contribution in [2.24, 2.45) is 0 Å². The second-order valence-electron chi connectivity index (χ2n) is 3.92. The quantitative estimate of drug-likeness (QED) is 0.430. The highest BCUT2D eigenvalue weighted by Gasteiger charge is 2.23. The van der Waals surface area contributed by atoms with E-state index in [0.29, 0.717) is 5.56 Å². The van der Waals surface area contributed by atoms with Crippen molar-refractivity contribution in [1.82, 2.24) is 5.06 Å². The molecule has 0 radical (unpaired) electrons. The maximum atomic E-state index is 12.4. The molecule has 0 saturated carbocycles. The SMILES string of the molecule is C=CC(OC)ON(C(=O)c1ccccc1)C(C)C=C. The number of hydroxylamine groups is 2. The number of nitrogens with zero attached hydrogens (tertiary/aromatic N) is 1. The molecule has 0 saturated heterocycles. The minimum atomic E-state index is -0.685. The Morgan fingerprint density at radius 1 is 1.26 bits per heavy atom. The summed E-state index contributed by atoms with van der Waals surface area (Å²) in [6.45, 7) is 9.07. The molecule has 1 rings (SSSR count).